The molecule has 0 saturated heterocycles. The van der Waals surface area contributed by atoms with Crippen LogP contribution < -0.4 is 5.73 Å². The minimum absolute atomic E-state index is 0.100. The van der Waals surface area contributed by atoms with Gasteiger partial charge >= 0.3 is 5.97 Å². The number of hydrogen-bond acceptors (Lipinski definition) is 5. The van der Waals surface area contributed by atoms with Crippen LogP contribution in [0.25, 0.3) is 0 Å². The normalized spacial score (nSPS) is 13.5. The van der Waals surface area contributed by atoms with E-state index in [1.807, 2.05) is 6.92 Å². The number of nitrogens with two attached hydrogens (primary N) is 1. The second-order valence-corrected chi connectivity index (χ2v) is 8.92. The Bertz CT molecular complexity index is 327. The van der Waals surface area contributed by atoms with Crippen molar-refractivity contribution in [2.45, 2.75) is 116 Å². The highest BCUT2D eigenvalue weighted by Gasteiger charge is 2.09. The average Bonchev–Trinajstić information content (AvgIpc) is 2.63. The van der Waals surface area contributed by atoms with Gasteiger partial charge in [-0.2, -0.15) is 11.8 Å². The quantitative estimate of drug-likeness (QED) is 0.209. The summed E-state index contributed by atoms with van der Waals surface area (Å²) in [6.07, 6.45) is 16.7. The molecule has 0 aromatic heterocycles. The first-order chi connectivity index (χ1) is 13.1. The minimum Gasteiger partial charge on any atom is -0.463 e. The standard InChI is InChI=1S/C22H45NO3S/c1-3-4-5-6-7-8-9-10-11-12-13-14-15-16-22(25)26-17-21(24)19-27-18-20(2)23/h20-21,24H,3-19,23H2,1-2H3. The fourth-order valence-corrected chi connectivity index (χ4v) is 3.86. The van der Waals surface area contributed by atoms with Crippen molar-refractivity contribution in [1.82, 2.24) is 0 Å². The second-order valence-electron chi connectivity index (χ2n) is 7.84. The maximum absolute atomic E-state index is 11.7. The third-order valence-corrected chi connectivity index (χ3v) is 5.99. The van der Waals surface area contributed by atoms with Crippen molar-refractivity contribution in [3.8, 4) is 0 Å². The van der Waals surface area contributed by atoms with Gasteiger partial charge in [0.15, 0.2) is 0 Å². The molecule has 27 heavy (non-hydrogen) atoms. The van der Waals surface area contributed by atoms with Crippen LogP contribution in [0, 0.1) is 0 Å². The molecule has 4 nitrogen and oxygen atoms in total. The molecule has 2 atom stereocenters. The van der Waals surface area contributed by atoms with E-state index in [4.69, 9.17) is 10.5 Å². The van der Waals surface area contributed by atoms with Crippen molar-refractivity contribution in [1.29, 1.82) is 0 Å². The van der Waals surface area contributed by atoms with Crippen LogP contribution in [-0.2, 0) is 9.53 Å². The Balaban J connectivity index is 3.27. The summed E-state index contributed by atoms with van der Waals surface area (Å²) in [5.74, 6) is 1.19. The van der Waals surface area contributed by atoms with Crippen molar-refractivity contribution in [3.05, 3.63) is 0 Å². The third kappa shape index (κ3) is 21.9. The zero-order chi connectivity index (χ0) is 20.2. The Morgan fingerprint density at radius 2 is 1.37 bits per heavy atom. The molecular weight excluding hydrogens is 358 g/mol. The van der Waals surface area contributed by atoms with Gasteiger partial charge < -0.3 is 15.6 Å². The molecule has 0 fully saturated rings. The first-order valence-corrected chi connectivity index (χ1v) is 12.4. The molecule has 0 bridgehead atoms. The van der Waals surface area contributed by atoms with Crippen LogP contribution in [0.3, 0.4) is 0 Å². The Morgan fingerprint density at radius 3 is 1.85 bits per heavy atom. The van der Waals surface area contributed by atoms with Crippen LogP contribution in [0.1, 0.15) is 104 Å². The van der Waals surface area contributed by atoms with Crippen molar-refractivity contribution < 1.29 is 14.6 Å². The van der Waals surface area contributed by atoms with E-state index in [0.29, 0.717) is 12.2 Å². The molecule has 0 saturated carbocycles. The molecule has 0 aliphatic carbocycles. The number of carbonyl (C=O) groups is 1. The summed E-state index contributed by atoms with van der Waals surface area (Å²) in [6, 6.07) is 0.125. The third-order valence-electron chi connectivity index (χ3n) is 4.61. The molecule has 0 amide bonds. The van der Waals surface area contributed by atoms with E-state index in [2.05, 4.69) is 6.92 Å². The SMILES string of the molecule is CCCCCCCCCCCCCCCC(=O)OCC(O)CSCC(C)N. The van der Waals surface area contributed by atoms with Crippen LogP contribution in [0.2, 0.25) is 0 Å². The molecule has 0 aromatic carbocycles. The molecule has 0 heterocycles. The lowest BCUT2D eigenvalue weighted by Crippen LogP contribution is -2.23. The highest BCUT2D eigenvalue weighted by Crippen LogP contribution is 2.13. The van der Waals surface area contributed by atoms with E-state index in [1.165, 1.54) is 70.6 Å². The number of aliphatic hydroxyl groups is 1. The van der Waals surface area contributed by atoms with Gasteiger partial charge in [-0.15, -0.1) is 0 Å². The number of carbonyl (C=O) groups excluding carboxylic acids is 1. The number of rotatable bonds is 20. The Morgan fingerprint density at radius 1 is 0.889 bits per heavy atom. The van der Waals surface area contributed by atoms with E-state index in [9.17, 15) is 9.90 Å². The molecule has 0 spiro atoms. The van der Waals surface area contributed by atoms with E-state index in [-0.39, 0.29) is 18.6 Å². The molecule has 2 unspecified atom stereocenters. The number of esters is 1. The van der Waals surface area contributed by atoms with Crippen LogP contribution >= 0.6 is 11.8 Å². The molecule has 3 N–H and O–H groups in total. The van der Waals surface area contributed by atoms with E-state index >= 15 is 0 Å². The number of hydrogen-bond donors (Lipinski definition) is 2. The van der Waals surface area contributed by atoms with Gasteiger partial charge in [0, 0.05) is 24.0 Å². The van der Waals surface area contributed by atoms with Gasteiger partial charge in [0.2, 0.25) is 0 Å². The smallest absolute Gasteiger partial charge is 0.305 e. The fraction of sp³-hybridized carbons (Fsp3) is 0.955. The van der Waals surface area contributed by atoms with E-state index < -0.39 is 6.10 Å². The van der Waals surface area contributed by atoms with Crippen molar-refractivity contribution >= 4 is 17.7 Å². The molecule has 162 valence electrons. The first-order valence-electron chi connectivity index (χ1n) is 11.2. The second kappa shape index (κ2) is 20.5. The van der Waals surface area contributed by atoms with Gasteiger partial charge in [-0.25, -0.2) is 0 Å². The van der Waals surface area contributed by atoms with Crippen LogP contribution in [0.15, 0.2) is 0 Å². The number of thioether (sulfide) groups is 1. The van der Waals surface area contributed by atoms with Crippen LogP contribution in [-0.4, -0.2) is 41.3 Å². The summed E-state index contributed by atoms with van der Waals surface area (Å²) in [7, 11) is 0. The highest BCUT2D eigenvalue weighted by molar-refractivity contribution is 7.99. The number of ether oxygens (including phenoxy) is 1. The van der Waals surface area contributed by atoms with Crippen LogP contribution in [0.4, 0.5) is 0 Å². The van der Waals surface area contributed by atoms with Crippen molar-refractivity contribution in [2.24, 2.45) is 5.73 Å². The minimum atomic E-state index is -0.593. The highest BCUT2D eigenvalue weighted by atomic mass is 32.2. The van der Waals surface area contributed by atoms with Gasteiger partial charge in [0.1, 0.15) is 6.61 Å². The molecule has 0 radical (unpaired) electrons. The summed E-state index contributed by atoms with van der Waals surface area (Å²) in [4.78, 5) is 11.7. The molecular formula is C22H45NO3S. The zero-order valence-corrected chi connectivity index (χ0v) is 18.7. The Hall–Kier alpha value is -0.260. The lowest BCUT2D eigenvalue weighted by Gasteiger charge is -2.12. The topological polar surface area (TPSA) is 72.5 Å². The van der Waals surface area contributed by atoms with Crippen molar-refractivity contribution in [2.75, 3.05) is 18.1 Å². The van der Waals surface area contributed by atoms with Gasteiger partial charge in [-0.1, -0.05) is 84.0 Å². The fourth-order valence-electron chi connectivity index (χ4n) is 2.99. The maximum atomic E-state index is 11.7. The number of aliphatic hydroxyl groups excluding tert-OH is 1. The molecule has 0 rings (SSSR count). The van der Waals surface area contributed by atoms with E-state index in [0.717, 1.165) is 18.6 Å². The Labute approximate surface area is 172 Å². The van der Waals surface area contributed by atoms with Crippen LogP contribution in [0.5, 0.6) is 0 Å². The molecule has 0 aromatic rings. The molecule has 0 aliphatic heterocycles. The maximum Gasteiger partial charge on any atom is 0.305 e. The number of unbranched alkanes of at least 4 members (excludes halogenated alkanes) is 12. The lowest BCUT2D eigenvalue weighted by molar-refractivity contribution is -0.146. The molecule has 5 heteroatoms. The average molecular weight is 404 g/mol. The first kappa shape index (κ1) is 26.7. The van der Waals surface area contributed by atoms with E-state index in [1.54, 1.807) is 11.8 Å². The van der Waals surface area contributed by atoms with Gasteiger partial charge in [0.25, 0.3) is 0 Å². The summed E-state index contributed by atoms with van der Waals surface area (Å²) in [5.41, 5.74) is 5.65. The molecule has 0 aliphatic rings. The summed E-state index contributed by atoms with van der Waals surface area (Å²) in [5, 5.41) is 9.76. The van der Waals surface area contributed by atoms with Gasteiger partial charge in [0.05, 0.1) is 6.10 Å². The Kier molecular flexibility index (Phi) is 20.3. The van der Waals surface area contributed by atoms with Crippen molar-refractivity contribution in [3.63, 3.8) is 0 Å². The lowest BCUT2D eigenvalue weighted by atomic mass is 10.0. The largest absolute Gasteiger partial charge is 0.463 e. The summed E-state index contributed by atoms with van der Waals surface area (Å²) < 4.78 is 5.13. The van der Waals surface area contributed by atoms with Gasteiger partial charge in [-0.3, -0.25) is 4.79 Å². The zero-order valence-electron chi connectivity index (χ0n) is 17.9. The summed E-state index contributed by atoms with van der Waals surface area (Å²) >= 11 is 1.59. The predicted molar refractivity (Wildman–Crippen MR) is 118 cm³/mol. The van der Waals surface area contributed by atoms with Gasteiger partial charge in [-0.05, 0) is 13.3 Å². The monoisotopic (exact) mass is 403 g/mol. The predicted octanol–water partition coefficient (Wildman–Crippen LogP) is 5.45. The summed E-state index contributed by atoms with van der Waals surface area (Å²) in [6.45, 7) is 4.30.